The lowest BCUT2D eigenvalue weighted by Gasteiger charge is -2.47. The largest absolute Gasteiger partial charge is 0.481 e. The van der Waals surface area contributed by atoms with Gasteiger partial charge in [0.15, 0.2) is 0 Å². The first-order chi connectivity index (χ1) is 9.60. The van der Waals surface area contributed by atoms with Crippen LogP contribution in [0.25, 0.3) is 0 Å². The van der Waals surface area contributed by atoms with E-state index in [0.29, 0.717) is 0 Å². The Morgan fingerprint density at radius 3 is 2.70 bits per heavy atom. The molecule has 1 aliphatic carbocycles. The molecule has 0 aromatic heterocycles. The van der Waals surface area contributed by atoms with E-state index in [4.69, 9.17) is 5.73 Å². The zero-order valence-electron chi connectivity index (χ0n) is 12.2. The maximum atomic E-state index is 11.4. The van der Waals surface area contributed by atoms with Crippen molar-refractivity contribution >= 4 is 5.97 Å². The highest BCUT2D eigenvalue weighted by Crippen LogP contribution is 2.51. The highest BCUT2D eigenvalue weighted by molar-refractivity contribution is 5.68. The molecular formula is C17H25NO2. The van der Waals surface area contributed by atoms with Crippen molar-refractivity contribution in [1.82, 2.24) is 0 Å². The van der Waals surface area contributed by atoms with Gasteiger partial charge in [-0.2, -0.15) is 0 Å². The minimum Gasteiger partial charge on any atom is -0.481 e. The lowest BCUT2D eigenvalue weighted by atomic mass is 9.58. The Balaban J connectivity index is 2.41. The van der Waals surface area contributed by atoms with E-state index in [2.05, 4.69) is 19.1 Å². The number of aliphatic carboxylic acids is 1. The van der Waals surface area contributed by atoms with Crippen LogP contribution in [0.2, 0.25) is 0 Å². The number of rotatable bonds is 5. The van der Waals surface area contributed by atoms with Crippen LogP contribution in [0, 0.1) is 5.41 Å². The normalized spacial score (nSPS) is 28.0. The third-order valence-corrected chi connectivity index (χ3v) is 4.94. The maximum Gasteiger partial charge on any atom is 0.303 e. The number of hydrogen-bond donors (Lipinski definition) is 2. The van der Waals surface area contributed by atoms with Gasteiger partial charge in [0.05, 0.1) is 6.42 Å². The van der Waals surface area contributed by atoms with Gasteiger partial charge in [0.25, 0.3) is 0 Å². The van der Waals surface area contributed by atoms with E-state index in [-0.39, 0.29) is 23.8 Å². The summed E-state index contributed by atoms with van der Waals surface area (Å²) in [5.74, 6) is -0.458. The summed E-state index contributed by atoms with van der Waals surface area (Å²) in [5, 5.41) is 9.38. The molecule has 0 bridgehead atoms. The van der Waals surface area contributed by atoms with E-state index < -0.39 is 5.97 Å². The van der Waals surface area contributed by atoms with Gasteiger partial charge >= 0.3 is 5.97 Å². The smallest absolute Gasteiger partial charge is 0.303 e. The predicted octanol–water partition coefficient (Wildman–Crippen LogP) is 3.54. The monoisotopic (exact) mass is 275 g/mol. The summed E-state index contributed by atoms with van der Waals surface area (Å²) in [6.45, 7) is 2.06. The molecule has 0 heterocycles. The average Bonchev–Trinajstić information content (AvgIpc) is 2.47. The number of nitrogens with two attached hydrogens (primary N) is 1. The minimum absolute atomic E-state index is 0.0518. The molecule has 110 valence electrons. The Morgan fingerprint density at radius 1 is 1.40 bits per heavy atom. The first kappa shape index (κ1) is 15.0. The van der Waals surface area contributed by atoms with Crippen LogP contribution in [0.3, 0.4) is 0 Å². The van der Waals surface area contributed by atoms with Gasteiger partial charge < -0.3 is 10.8 Å². The van der Waals surface area contributed by atoms with Gasteiger partial charge in [0.1, 0.15) is 0 Å². The molecule has 3 unspecified atom stereocenters. The van der Waals surface area contributed by atoms with Gasteiger partial charge in [0, 0.05) is 11.5 Å². The molecular weight excluding hydrogens is 250 g/mol. The quantitative estimate of drug-likeness (QED) is 0.864. The summed E-state index contributed by atoms with van der Waals surface area (Å²) >= 11 is 0. The summed E-state index contributed by atoms with van der Waals surface area (Å²) in [4.78, 5) is 11.4. The number of carbonyl (C=O) groups is 1. The average molecular weight is 275 g/mol. The van der Waals surface area contributed by atoms with E-state index in [1.54, 1.807) is 0 Å². The fraction of sp³-hybridized carbons (Fsp3) is 0.588. The van der Waals surface area contributed by atoms with E-state index in [0.717, 1.165) is 32.1 Å². The summed E-state index contributed by atoms with van der Waals surface area (Å²) in [6, 6.07) is 10.3. The third kappa shape index (κ3) is 2.88. The molecule has 0 amide bonds. The van der Waals surface area contributed by atoms with Crippen LogP contribution in [0.5, 0.6) is 0 Å². The molecule has 1 aliphatic rings. The maximum absolute atomic E-state index is 11.4. The van der Waals surface area contributed by atoms with Crippen LogP contribution in [0.1, 0.15) is 56.9 Å². The molecule has 0 radical (unpaired) electrons. The molecule has 2 rings (SSSR count). The van der Waals surface area contributed by atoms with Crippen molar-refractivity contribution in [2.45, 2.75) is 57.4 Å². The molecule has 20 heavy (non-hydrogen) atoms. The molecule has 0 aliphatic heterocycles. The van der Waals surface area contributed by atoms with Crippen molar-refractivity contribution in [2.24, 2.45) is 11.1 Å². The number of benzene rings is 1. The van der Waals surface area contributed by atoms with Crippen molar-refractivity contribution in [2.75, 3.05) is 0 Å². The Hall–Kier alpha value is -1.35. The van der Waals surface area contributed by atoms with E-state index in [9.17, 15) is 9.90 Å². The zero-order chi connectivity index (χ0) is 14.6. The molecule has 1 aromatic carbocycles. The summed E-state index contributed by atoms with van der Waals surface area (Å²) < 4.78 is 0. The molecule has 3 atom stereocenters. The van der Waals surface area contributed by atoms with Gasteiger partial charge in [-0.15, -0.1) is 0 Å². The summed E-state index contributed by atoms with van der Waals surface area (Å²) in [5.41, 5.74) is 7.35. The topological polar surface area (TPSA) is 63.3 Å². The summed E-state index contributed by atoms with van der Waals surface area (Å²) in [6.07, 6.45) is 5.23. The second kappa shape index (κ2) is 6.40. The fourth-order valence-corrected chi connectivity index (χ4v) is 3.92. The van der Waals surface area contributed by atoms with Crippen molar-refractivity contribution in [1.29, 1.82) is 0 Å². The SMILES string of the molecule is CCC(N)C1(CC(=O)O)CCCCC1c1ccccc1. The van der Waals surface area contributed by atoms with Crippen LogP contribution in [0.15, 0.2) is 30.3 Å². The Bertz CT molecular complexity index is 446. The Morgan fingerprint density at radius 2 is 2.10 bits per heavy atom. The van der Waals surface area contributed by atoms with Crippen LogP contribution in [-0.4, -0.2) is 17.1 Å². The molecule has 0 spiro atoms. The van der Waals surface area contributed by atoms with E-state index in [1.807, 2.05) is 18.2 Å². The standard InChI is InChI=1S/C17H25NO2/c1-2-15(18)17(12-16(19)20)11-7-6-10-14(17)13-8-4-3-5-9-13/h3-5,8-9,14-15H,2,6-7,10-12,18H2,1H3,(H,19,20). The molecule has 0 saturated heterocycles. The number of carboxylic acids is 1. The van der Waals surface area contributed by atoms with Crippen LogP contribution in [0.4, 0.5) is 0 Å². The van der Waals surface area contributed by atoms with Gasteiger partial charge in [0.2, 0.25) is 0 Å². The first-order valence-corrected chi connectivity index (χ1v) is 7.62. The molecule has 3 nitrogen and oxygen atoms in total. The van der Waals surface area contributed by atoms with Crippen LogP contribution >= 0.6 is 0 Å². The fourth-order valence-electron chi connectivity index (χ4n) is 3.92. The highest BCUT2D eigenvalue weighted by atomic mass is 16.4. The zero-order valence-corrected chi connectivity index (χ0v) is 12.2. The Labute approximate surface area is 121 Å². The third-order valence-electron chi connectivity index (χ3n) is 4.94. The minimum atomic E-state index is -0.725. The first-order valence-electron chi connectivity index (χ1n) is 7.62. The van der Waals surface area contributed by atoms with Gasteiger partial charge in [-0.1, -0.05) is 50.1 Å². The highest BCUT2D eigenvalue weighted by Gasteiger charge is 2.46. The van der Waals surface area contributed by atoms with E-state index >= 15 is 0 Å². The van der Waals surface area contributed by atoms with Gasteiger partial charge in [-0.05, 0) is 30.7 Å². The molecule has 1 aromatic rings. The van der Waals surface area contributed by atoms with Crippen molar-refractivity contribution < 1.29 is 9.90 Å². The van der Waals surface area contributed by atoms with Gasteiger partial charge in [-0.25, -0.2) is 0 Å². The number of hydrogen-bond acceptors (Lipinski definition) is 2. The second-order valence-corrected chi connectivity index (χ2v) is 6.03. The van der Waals surface area contributed by atoms with Crippen molar-refractivity contribution in [3.05, 3.63) is 35.9 Å². The van der Waals surface area contributed by atoms with E-state index in [1.165, 1.54) is 5.56 Å². The second-order valence-electron chi connectivity index (χ2n) is 6.03. The Kier molecular flexibility index (Phi) is 4.81. The predicted molar refractivity (Wildman–Crippen MR) is 80.6 cm³/mol. The molecule has 1 fully saturated rings. The van der Waals surface area contributed by atoms with Crippen LogP contribution in [-0.2, 0) is 4.79 Å². The molecule has 3 N–H and O–H groups in total. The van der Waals surface area contributed by atoms with Crippen molar-refractivity contribution in [3.63, 3.8) is 0 Å². The summed E-state index contributed by atoms with van der Waals surface area (Å²) in [7, 11) is 0. The lowest BCUT2D eigenvalue weighted by Crippen LogP contribution is -2.48. The number of carboxylic acid groups (broad SMARTS) is 1. The molecule has 1 saturated carbocycles. The van der Waals surface area contributed by atoms with Crippen molar-refractivity contribution in [3.8, 4) is 0 Å². The van der Waals surface area contributed by atoms with Crippen LogP contribution < -0.4 is 5.73 Å². The molecule has 3 heteroatoms. The van der Waals surface area contributed by atoms with Gasteiger partial charge in [-0.3, -0.25) is 4.79 Å². The lowest BCUT2D eigenvalue weighted by molar-refractivity contribution is -0.141.